The third-order valence-corrected chi connectivity index (χ3v) is 10.2. The summed E-state index contributed by atoms with van der Waals surface area (Å²) in [5, 5.41) is 13.2. The van der Waals surface area contributed by atoms with Gasteiger partial charge in [0.1, 0.15) is 18.2 Å². The van der Waals surface area contributed by atoms with Crippen molar-refractivity contribution in [1.29, 1.82) is 0 Å². The maximum absolute atomic E-state index is 14.5. The topological polar surface area (TPSA) is 125 Å². The van der Waals surface area contributed by atoms with Crippen LogP contribution >= 0.6 is 15.9 Å². The summed E-state index contributed by atoms with van der Waals surface area (Å²) in [7, 11) is 0. The van der Waals surface area contributed by atoms with E-state index < -0.39 is 53.5 Å². The number of carbonyl (C=O) groups excluding carboxylic acids is 4. The number of halogens is 1. The van der Waals surface area contributed by atoms with Gasteiger partial charge in [0.2, 0.25) is 17.7 Å². The van der Waals surface area contributed by atoms with Gasteiger partial charge in [-0.15, -0.1) is 13.2 Å². The van der Waals surface area contributed by atoms with E-state index in [0.29, 0.717) is 19.4 Å². The quantitative estimate of drug-likeness (QED) is 0.154. The molecule has 2 bridgehead atoms. The molecular weight excluding hydrogens is 642 g/mol. The molecule has 1 spiro atoms. The summed E-state index contributed by atoms with van der Waals surface area (Å²) in [5.41, 5.74) is -0.522. The molecule has 0 aliphatic carbocycles. The van der Waals surface area contributed by atoms with Crippen LogP contribution in [0.4, 0.5) is 0 Å². The lowest BCUT2D eigenvalue weighted by molar-refractivity contribution is -0.152. The van der Waals surface area contributed by atoms with Gasteiger partial charge in [-0.25, -0.2) is 0 Å². The summed E-state index contributed by atoms with van der Waals surface area (Å²) in [6, 6.07) is 6.70. The molecule has 246 valence electrons. The first-order valence-corrected chi connectivity index (χ1v) is 16.8. The van der Waals surface area contributed by atoms with E-state index in [9.17, 15) is 24.3 Å². The Kier molecular flexibility index (Phi) is 11.7. The van der Waals surface area contributed by atoms with Gasteiger partial charge >= 0.3 is 5.97 Å². The van der Waals surface area contributed by atoms with Crippen LogP contribution in [0.15, 0.2) is 55.6 Å². The summed E-state index contributed by atoms with van der Waals surface area (Å²) in [4.78, 5) is 58.2. The van der Waals surface area contributed by atoms with Crippen LogP contribution in [0.2, 0.25) is 0 Å². The van der Waals surface area contributed by atoms with Gasteiger partial charge in [0, 0.05) is 23.8 Å². The van der Waals surface area contributed by atoms with Gasteiger partial charge in [-0.3, -0.25) is 19.2 Å². The number of benzene rings is 1. The van der Waals surface area contributed by atoms with Gasteiger partial charge in [-0.05, 0) is 38.7 Å². The van der Waals surface area contributed by atoms with E-state index in [2.05, 4.69) is 34.4 Å². The smallest absolute Gasteiger partial charge is 0.306 e. The van der Waals surface area contributed by atoms with E-state index in [-0.39, 0.29) is 42.3 Å². The van der Waals surface area contributed by atoms with Crippen molar-refractivity contribution in [3.05, 3.63) is 61.2 Å². The average Bonchev–Trinajstić information content (AvgIpc) is 3.63. The van der Waals surface area contributed by atoms with Crippen molar-refractivity contribution in [3.63, 3.8) is 0 Å². The zero-order chi connectivity index (χ0) is 32.9. The molecule has 3 fully saturated rings. The highest BCUT2D eigenvalue weighted by molar-refractivity contribution is 9.09. The molecule has 3 amide bonds. The molecule has 0 radical (unpaired) electrons. The van der Waals surface area contributed by atoms with Crippen LogP contribution in [-0.4, -0.2) is 93.0 Å². The van der Waals surface area contributed by atoms with Crippen molar-refractivity contribution in [2.45, 2.75) is 93.6 Å². The van der Waals surface area contributed by atoms with E-state index >= 15 is 0 Å². The van der Waals surface area contributed by atoms with Crippen LogP contribution in [0, 0.1) is 11.8 Å². The van der Waals surface area contributed by atoms with Crippen molar-refractivity contribution in [1.82, 2.24) is 15.1 Å². The molecule has 3 aliphatic heterocycles. The molecule has 1 aromatic carbocycles. The Labute approximate surface area is 274 Å². The third-order valence-electron chi connectivity index (χ3n) is 9.33. The predicted octanol–water partition coefficient (Wildman–Crippen LogP) is 3.69. The maximum Gasteiger partial charge on any atom is 0.306 e. The number of aliphatic hydroxyl groups excluding tert-OH is 1. The molecule has 45 heavy (non-hydrogen) atoms. The van der Waals surface area contributed by atoms with Gasteiger partial charge in [0.05, 0.1) is 36.6 Å². The molecule has 10 nitrogen and oxygen atoms in total. The number of nitrogens with one attached hydrogen (secondary N) is 1. The Morgan fingerprint density at radius 2 is 1.96 bits per heavy atom. The Bertz CT molecular complexity index is 1260. The number of hydrogen-bond donors (Lipinski definition) is 2. The molecular formula is C34H46BrN3O7. The lowest BCUT2D eigenvalue weighted by Crippen LogP contribution is -2.59. The van der Waals surface area contributed by atoms with Gasteiger partial charge in [-0.1, -0.05) is 71.8 Å². The van der Waals surface area contributed by atoms with Gasteiger partial charge < -0.3 is 29.7 Å². The van der Waals surface area contributed by atoms with Gasteiger partial charge in [0.15, 0.2) is 0 Å². The maximum atomic E-state index is 14.5. The molecule has 2 unspecified atom stereocenters. The number of amides is 3. The summed E-state index contributed by atoms with van der Waals surface area (Å²) in [6.45, 7) is 13.1. The van der Waals surface area contributed by atoms with Crippen LogP contribution in [-0.2, 0) is 28.7 Å². The number of likely N-dealkylation sites (tertiary alicyclic amines) is 1. The van der Waals surface area contributed by atoms with Gasteiger partial charge in [0.25, 0.3) is 0 Å². The number of fused-ring (bicyclic) bond motifs is 1. The summed E-state index contributed by atoms with van der Waals surface area (Å²) in [6.07, 6.45) is 5.29. The average molecular weight is 689 g/mol. The fraction of sp³-hybridized carbons (Fsp3) is 0.588. The number of hydrogen-bond acceptors (Lipinski definition) is 7. The standard InChI is InChI=1S/C34H46BrN3O7/c1-6-9-16-26(40)44-20-25(23-14-11-10-12-15-23)36-31(41)27-28-32(42)38(22(5)19-39)30(34(28)18-24(35)29(27)45-34)33(43)37(17-8-3)21(4)13-7-2/h6,8,10-12,14-15,21-22,24-25,27-30,39H,1,3,7,9,13,16-20H2,2,4-5H3,(H,36,41)/t21?,22-,24?,25+,27+,28-,29+,30+,34-/m1/s1. The number of rotatable bonds is 16. The number of ether oxygens (including phenoxy) is 2. The number of nitrogens with zero attached hydrogens (tertiary/aromatic N) is 2. The lowest BCUT2D eigenvalue weighted by atomic mass is 9.70. The van der Waals surface area contributed by atoms with Crippen molar-refractivity contribution >= 4 is 39.6 Å². The summed E-state index contributed by atoms with van der Waals surface area (Å²) >= 11 is 3.71. The Balaban J connectivity index is 1.68. The number of alkyl halides is 1. The SMILES string of the molecule is C=CCCC(=O)OC[C@H](NC(=O)[C@@H]1[C@H]2O[C@@]3(CC2Br)[C@H](C(=O)N(CC=C)C(C)CCC)N([C@H](C)CO)C(=O)[C@@H]13)c1ccccc1. The normalized spacial score (nSPS) is 28.6. The molecule has 1 aromatic rings. The van der Waals surface area contributed by atoms with E-state index in [4.69, 9.17) is 9.47 Å². The Morgan fingerprint density at radius 3 is 2.58 bits per heavy atom. The molecule has 2 N–H and O–H groups in total. The van der Waals surface area contributed by atoms with Crippen LogP contribution in [0.25, 0.3) is 0 Å². The van der Waals surface area contributed by atoms with Crippen LogP contribution < -0.4 is 5.32 Å². The zero-order valence-corrected chi connectivity index (χ0v) is 28.0. The summed E-state index contributed by atoms with van der Waals surface area (Å²) in [5.74, 6) is -3.33. The van der Waals surface area contributed by atoms with E-state index in [1.807, 2.05) is 44.2 Å². The minimum atomic E-state index is -1.26. The minimum Gasteiger partial charge on any atom is -0.463 e. The minimum absolute atomic E-state index is 0.0912. The van der Waals surface area contributed by atoms with Gasteiger partial charge in [-0.2, -0.15) is 0 Å². The zero-order valence-electron chi connectivity index (χ0n) is 26.4. The van der Waals surface area contributed by atoms with Crippen LogP contribution in [0.5, 0.6) is 0 Å². The fourth-order valence-electron chi connectivity index (χ4n) is 7.21. The van der Waals surface area contributed by atoms with Crippen molar-refractivity contribution in [3.8, 4) is 0 Å². The van der Waals surface area contributed by atoms with E-state index in [1.165, 1.54) is 4.90 Å². The molecule has 3 saturated heterocycles. The number of carbonyl (C=O) groups is 4. The van der Waals surface area contributed by atoms with Crippen LogP contribution in [0.1, 0.15) is 64.5 Å². The number of allylic oxidation sites excluding steroid dienone is 1. The highest BCUT2D eigenvalue weighted by Gasteiger charge is 2.77. The molecule has 0 aromatic heterocycles. The molecule has 0 saturated carbocycles. The first-order valence-electron chi connectivity index (χ1n) is 15.8. The lowest BCUT2D eigenvalue weighted by Gasteiger charge is -2.40. The second-order valence-corrected chi connectivity index (χ2v) is 13.5. The van der Waals surface area contributed by atoms with Crippen molar-refractivity contribution in [2.75, 3.05) is 19.8 Å². The van der Waals surface area contributed by atoms with Crippen molar-refractivity contribution in [2.24, 2.45) is 11.8 Å². The number of aliphatic hydroxyl groups is 1. The summed E-state index contributed by atoms with van der Waals surface area (Å²) < 4.78 is 12.2. The Hall–Kier alpha value is -3.02. The predicted molar refractivity (Wildman–Crippen MR) is 173 cm³/mol. The van der Waals surface area contributed by atoms with Crippen LogP contribution in [0.3, 0.4) is 0 Å². The largest absolute Gasteiger partial charge is 0.463 e. The molecule has 11 heteroatoms. The number of esters is 1. The monoisotopic (exact) mass is 687 g/mol. The molecule has 3 heterocycles. The third kappa shape index (κ3) is 6.76. The second-order valence-electron chi connectivity index (χ2n) is 12.3. The highest BCUT2D eigenvalue weighted by Crippen LogP contribution is 2.60. The fourth-order valence-corrected chi connectivity index (χ4v) is 8.15. The molecule has 4 rings (SSSR count). The Morgan fingerprint density at radius 1 is 1.24 bits per heavy atom. The molecule has 3 aliphatic rings. The highest BCUT2D eigenvalue weighted by atomic mass is 79.9. The second kappa shape index (κ2) is 15.0. The van der Waals surface area contributed by atoms with E-state index in [1.54, 1.807) is 24.0 Å². The first-order chi connectivity index (χ1) is 21.6. The van der Waals surface area contributed by atoms with E-state index in [0.717, 1.165) is 18.4 Å². The first kappa shape index (κ1) is 34.8. The van der Waals surface area contributed by atoms with Crippen molar-refractivity contribution < 1.29 is 33.8 Å². The molecule has 9 atom stereocenters.